The van der Waals surface area contributed by atoms with Crippen LogP contribution in [0.1, 0.15) is 22.9 Å². The minimum Gasteiger partial charge on any atom is -0.507 e. The van der Waals surface area contributed by atoms with E-state index in [-0.39, 0.29) is 23.4 Å². The number of hydrogen-bond donors (Lipinski definition) is 1. The number of Topliss-reactive ketones (excluding diaryl/α,β-unsaturated/α-hetero) is 1. The van der Waals surface area contributed by atoms with E-state index in [1.54, 1.807) is 48.8 Å². The number of pyridine rings is 1. The fraction of sp³-hybridized carbons (Fsp3) is 0.136. The summed E-state index contributed by atoms with van der Waals surface area (Å²) < 4.78 is 10.7. The van der Waals surface area contributed by atoms with E-state index in [0.717, 1.165) is 0 Å². The number of amides is 1. The van der Waals surface area contributed by atoms with Crippen molar-refractivity contribution in [3.63, 3.8) is 0 Å². The molecule has 0 bridgehead atoms. The molecule has 1 amide bonds. The molecule has 152 valence electrons. The van der Waals surface area contributed by atoms with E-state index in [9.17, 15) is 14.7 Å². The quantitative estimate of drug-likeness (QED) is 0.378. The molecular formula is C22H17ClN2O5. The van der Waals surface area contributed by atoms with Gasteiger partial charge in [0.05, 0.1) is 37.1 Å². The summed E-state index contributed by atoms with van der Waals surface area (Å²) in [7, 11) is 1.44. The minimum absolute atomic E-state index is 0.0561. The topological polar surface area (TPSA) is 92.9 Å². The lowest BCUT2D eigenvalue weighted by Gasteiger charge is -2.24. The molecule has 1 aromatic carbocycles. The highest BCUT2D eigenvalue weighted by Crippen LogP contribution is 2.41. The fourth-order valence-electron chi connectivity index (χ4n) is 3.51. The summed E-state index contributed by atoms with van der Waals surface area (Å²) >= 11 is 6.09. The Kier molecular flexibility index (Phi) is 5.29. The van der Waals surface area contributed by atoms with Crippen LogP contribution in [0.2, 0.25) is 5.02 Å². The van der Waals surface area contributed by atoms with Gasteiger partial charge in [0.15, 0.2) is 0 Å². The molecule has 8 heteroatoms. The summed E-state index contributed by atoms with van der Waals surface area (Å²) in [6, 6.07) is 10.6. The summed E-state index contributed by atoms with van der Waals surface area (Å²) in [4.78, 5) is 31.3. The molecule has 1 atom stereocenters. The van der Waals surface area contributed by atoms with Crippen LogP contribution in [0.4, 0.5) is 0 Å². The number of furan rings is 1. The van der Waals surface area contributed by atoms with E-state index in [2.05, 4.69) is 4.98 Å². The Morgan fingerprint density at radius 2 is 2.10 bits per heavy atom. The molecule has 1 N–H and O–H groups in total. The molecule has 3 heterocycles. The molecular weight excluding hydrogens is 408 g/mol. The second-order valence-corrected chi connectivity index (χ2v) is 7.07. The zero-order valence-corrected chi connectivity index (χ0v) is 16.7. The predicted octanol–water partition coefficient (Wildman–Crippen LogP) is 3.96. The summed E-state index contributed by atoms with van der Waals surface area (Å²) in [5.41, 5.74) is 0.723. The number of carbonyl (C=O) groups is 2. The van der Waals surface area contributed by atoms with Gasteiger partial charge in [0.25, 0.3) is 11.7 Å². The van der Waals surface area contributed by atoms with E-state index in [4.69, 9.17) is 20.8 Å². The van der Waals surface area contributed by atoms with Gasteiger partial charge in [0.1, 0.15) is 17.3 Å². The number of ketones is 1. The first-order chi connectivity index (χ1) is 14.5. The van der Waals surface area contributed by atoms with Crippen molar-refractivity contribution in [2.75, 3.05) is 7.11 Å². The van der Waals surface area contributed by atoms with Gasteiger partial charge in [-0.2, -0.15) is 0 Å². The lowest BCUT2D eigenvalue weighted by atomic mass is 9.96. The molecule has 3 aromatic rings. The monoisotopic (exact) mass is 424 g/mol. The Balaban J connectivity index is 1.90. The van der Waals surface area contributed by atoms with Crippen molar-refractivity contribution < 1.29 is 23.8 Å². The van der Waals surface area contributed by atoms with Crippen molar-refractivity contribution >= 4 is 29.1 Å². The Morgan fingerprint density at radius 1 is 1.27 bits per heavy atom. The van der Waals surface area contributed by atoms with Crippen molar-refractivity contribution in [3.05, 3.63) is 88.6 Å². The number of nitrogens with zero attached hydrogens (tertiary/aromatic N) is 2. The molecule has 1 unspecified atom stereocenters. The maximum absolute atomic E-state index is 13.0. The second-order valence-electron chi connectivity index (χ2n) is 6.64. The highest BCUT2D eigenvalue weighted by molar-refractivity contribution is 6.46. The van der Waals surface area contributed by atoms with Crippen molar-refractivity contribution in [2.24, 2.45) is 0 Å². The molecule has 0 saturated carbocycles. The van der Waals surface area contributed by atoms with E-state index < -0.39 is 17.7 Å². The number of aliphatic hydroxyl groups is 1. The molecule has 1 aliphatic heterocycles. The van der Waals surface area contributed by atoms with Crippen LogP contribution < -0.4 is 4.74 Å². The number of carbonyl (C=O) groups excluding carboxylic acids is 2. The second kappa shape index (κ2) is 8.04. The van der Waals surface area contributed by atoms with Crippen LogP contribution in [0.15, 0.2) is 71.1 Å². The van der Waals surface area contributed by atoms with Crippen LogP contribution in [0.5, 0.6) is 5.75 Å². The molecule has 7 nitrogen and oxygen atoms in total. The minimum atomic E-state index is -0.854. The van der Waals surface area contributed by atoms with Crippen LogP contribution in [-0.4, -0.2) is 33.8 Å². The summed E-state index contributed by atoms with van der Waals surface area (Å²) in [5.74, 6) is -1.11. The standard InChI is InChI=1S/C22H17ClN2O5/c1-29-17-7-6-14(23)10-16(17)20(26)18-19(13-4-2-8-24-11-13)25(22(28)21(18)27)12-15-5-3-9-30-15/h2-11,19,26H,12H2,1H3/b20-18+. The molecule has 2 aromatic heterocycles. The van der Waals surface area contributed by atoms with Gasteiger partial charge in [-0.15, -0.1) is 0 Å². The van der Waals surface area contributed by atoms with Crippen LogP contribution in [-0.2, 0) is 16.1 Å². The van der Waals surface area contributed by atoms with Gasteiger partial charge in [-0.25, -0.2) is 0 Å². The Morgan fingerprint density at radius 3 is 2.77 bits per heavy atom. The zero-order chi connectivity index (χ0) is 21.3. The maximum atomic E-state index is 13.0. The average Bonchev–Trinajstić information content (AvgIpc) is 3.36. The SMILES string of the molecule is COc1ccc(Cl)cc1/C(O)=C1\C(=O)C(=O)N(Cc2ccco2)C1c1cccnc1. The smallest absolute Gasteiger partial charge is 0.296 e. The summed E-state index contributed by atoms with van der Waals surface area (Å²) in [5, 5.41) is 11.5. The Labute approximate surface area is 177 Å². The first-order valence-electron chi connectivity index (χ1n) is 9.06. The number of methoxy groups -OCH3 is 1. The van der Waals surface area contributed by atoms with Crippen molar-refractivity contribution in [2.45, 2.75) is 12.6 Å². The number of rotatable bonds is 5. The van der Waals surface area contributed by atoms with E-state index in [0.29, 0.717) is 22.1 Å². The van der Waals surface area contributed by atoms with E-state index >= 15 is 0 Å². The van der Waals surface area contributed by atoms with Gasteiger partial charge in [-0.05, 0) is 42.0 Å². The predicted molar refractivity (Wildman–Crippen MR) is 109 cm³/mol. The van der Waals surface area contributed by atoms with Gasteiger partial charge >= 0.3 is 0 Å². The fourth-order valence-corrected chi connectivity index (χ4v) is 3.68. The first-order valence-corrected chi connectivity index (χ1v) is 9.43. The largest absolute Gasteiger partial charge is 0.507 e. The highest BCUT2D eigenvalue weighted by atomic mass is 35.5. The number of aromatic nitrogens is 1. The molecule has 1 aliphatic rings. The van der Waals surface area contributed by atoms with Crippen LogP contribution in [0.25, 0.3) is 5.76 Å². The molecule has 30 heavy (non-hydrogen) atoms. The number of aliphatic hydroxyl groups excluding tert-OH is 1. The van der Waals surface area contributed by atoms with E-state index in [1.807, 2.05) is 0 Å². The van der Waals surface area contributed by atoms with Gasteiger partial charge in [0, 0.05) is 17.4 Å². The van der Waals surface area contributed by atoms with Crippen molar-refractivity contribution in [1.29, 1.82) is 0 Å². The lowest BCUT2D eigenvalue weighted by Crippen LogP contribution is -2.29. The van der Waals surface area contributed by atoms with Crippen LogP contribution >= 0.6 is 11.6 Å². The third-order valence-electron chi connectivity index (χ3n) is 4.86. The average molecular weight is 425 g/mol. The molecule has 0 aliphatic carbocycles. The number of halogens is 1. The maximum Gasteiger partial charge on any atom is 0.296 e. The Bertz CT molecular complexity index is 1130. The first kappa shape index (κ1) is 19.7. The molecule has 1 saturated heterocycles. The van der Waals surface area contributed by atoms with Crippen molar-refractivity contribution in [1.82, 2.24) is 9.88 Å². The molecule has 1 fully saturated rings. The van der Waals surface area contributed by atoms with Gasteiger partial charge in [-0.3, -0.25) is 14.6 Å². The number of likely N-dealkylation sites (tertiary alicyclic amines) is 1. The van der Waals surface area contributed by atoms with Gasteiger partial charge < -0.3 is 19.2 Å². The number of hydrogen-bond acceptors (Lipinski definition) is 6. The number of benzene rings is 1. The molecule has 0 radical (unpaired) electrons. The number of ether oxygens (including phenoxy) is 1. The third-order valence-corrected chi connectivity index (χ3v) is 5.10. The normalized spacial score (nSPS) is 18.1. The molecule has 4 rings (SSSR count). The summed E-state index contributed by atoms with van der Waals surface area (Å²) in [6.07, 6.45) is 4.62. The van der Waals surface area contributed by atoms with Crippen LogP contribution in [0.3, 0.4) is 0 Å². The Hall–Kier alpha value is -3.58. The highest BCUT2D eigenvalue weighted by Gasteiger charge is 2.46. The van der Waals surface area contributed by atoms with E-state index in [1.165, 1.54) is 24.3 Å². The zero-order valence-electron chi connectivity index (χ0n) is 15.9. The lowest BCUT2D eigenvalue weighted by molar-refractivity contribution is -0.140. The van der Waals surface area contributed by atoms with Gasteiger partial charge in [-0.1, -0.05) is 17.7 Å². The van der Waals surface area contributed by atoms with Crippen LogP contribution in [0, 0.1) is 0 Å². The summed E-state index contributed by atoms with van der Waals surface area (Å²) in [6.45, 7) is 0.0561. The third kappa shape index (κ3) is 3.44. The van der Waals surface area contributed by atoms with Crippen molar-refractivity contribution in [3.8, 4) is 5.75 Å². The molecule has 0 spiro atoms. The van der Waals surface area contributed by atoms with Gasteiger partial charge in [0.2, 0.25) is 0 Å².